The van der Waals surface area contributed by atoms with Crippen molar-refractivity contribution in [3.63, 3.8) is 0 Å². The Morgan fingerprint density at radius 3 is 3.00 bits per heavy atom. The van der Waals surface area contributed by atoms with Crippen LogP contribution >= 0.6 is 11.6 Å². The van der Waals surface area contributed by atoms with E-state index in [1.165, 1.54) is 30.1 Å². The van der Waals surface area contributed by atoms with E-state index in [0.717, 1.165) is 0 Å². The van der Waals surface area contributed by atoms with E-state index in [1.54, 1.807) is 6.20 Å². The number of nitriles is 1. The molecule has 0 aliphatic rings. The number of halogens is 1. The highest BCUT2D eigenvalue weighted by molar-refractivity contribution is 6.29. The molecular formula is C15H12ClN7O2. The van der Waals surface area contributed by atoms with Crippen molar-refractivity contribution in [1.82, 2.24) is 19.6 Å². The summed E-state index contributed by atoms with van der Waals surface area (Å²) >= 11 is 5.81. The highest BCUT2D eigenvalue weighted by Crippen LogP contribution is 2.27. The molecule has 0 aliphatic carbocycles. The number of fused-ring (bicyclic) bond motifs is 1. The number of nitrogens with one attached hydrogen (secondary N) is 1. The molecule has 3 heterocycles. The van der Waals surface area contributed by atoms with Gasteiger partial charge in [-0.15, -0.1) is 5.10 Å². The molecule has 0 atom stereocenters. The molecule has 0 fully saturated rings. The van der Waals surface area contributed by atoms with Crippen molar-refractivity contribution in [2.75, 3.05) is 18.2 Å². The summed E-state index contributed by atoms with van der Waals surface area (Å²) in [5.74, 6) is -0.150. The zero-order valence-corrected chi connectivity index (χ0v) is 13.8. The van der Waals surface area contributed by atoms with Crippen LogP contribution in [0.1, 0.15) is 15.9 Å². The maximum Gasteiger partial charge on any atom is 0.263 e. The Morgan fingerprint density at radius 2 is 2.28 bits per heavy atom. The summed E-state index contributed by atoms with van der Waals surface area (Å²) in [7, 11) is 1.45. The normalized spacial score (nSPS) is 10.4. The fourth-order valence-corrected chi connectivity index (χ4v) is 2.40. The third-order valence-corrected chi connectivity index (χ3v) is 3.57. The predicted octanol–water partition coefficient (Wildman–Crippen LogP) is 1.69. The van der Waals surface area contributed by atoms with Crippen LogP contribution in [-0.2, 0) is 6.42 Å². The van der Waals surface area contributed by atoms with Gasteiger partial charge in [-0.05, 0) is 0 Å². The van der Waals surface area contributed by atoms with Gasteiger partial charge in [0.05, 0.1) is 25.8 Å². The van der Waals surface area contributed by atoms with Crippen molar-refractivity contribution in [2.24, 2.45) is 0 Å². The van der Waals surface area contributed by atoms with Crippen molar-refractivity contribution in [2.45, 2.75) is 6.42 Å². The minimum atomic E-state index is -0.518. The lowest BCUT2D eigenvalue weighted by Crippen LogP contribution is -2.14. The highest BCUT2D eigenvalue weighted by Gasteiger charge is 2.21. The fraction of sp³-hybridized carbons (Fsp3) is 0.133. The van der Waals surface area contributed by atoms with Gasteiger partial charge in [0.1, 0.15) is 22.2 Å². The monoisotopic (exact) mass is 357 g/mol. The molecule has 0 aromatic carbocycles. The summed E-state index contributed by atoms with van der Waals surface area (Å²) < 4.78 is 6.54. The molecule has 126 valence electrons. The highest BCUT2D eigenvalue weighted by atomic mass is 35.5. The van der Waals surface area contributed by atoms with Gasteiger partial charge in [0, 0.05) is 24.0 Å². The van der Waals surface area contributed by atoms with Crippen molar-refractivity contribution in [3.8, 4) is 11.8 Å². The van der Waals surface area contributed by atoms with Gasteiger partial charge in [0.25, 0.3) is 5.91 Å². The Balaban J connectivity index is 1.98. The molecule has 25 heavy (non-hydrogen) atoms. The van der Waals surface area contributed by atoms with Gasteiger partial charge >= 0.3 is 0 Å². The second-order valence-electron chi connectivity index (χ2n) is 4.99. The van der Waals surface area contributed by atoms with Gasteiger partial charge in [-0.25, -0.2) is 14.5 Å². The van der Waals surface area contributed by atoms with E-state index >= 15 is 0 Å². The molecule has 0 saturated carbocycles. The number of rotatable bonds is 4. The van der Waals surface area contributed by atoms with Crippen LogP contribution in [0.2, 0.25) is 5.15 Å². The summed E-state index contributed by atoms with van der Waals surface area (Å²) in [6, 6.07) is 3.49. The van der Waals surface area contributed by atoms with Gasteiger partial charge < -0.3 is 15.8 Å². The minimum absolute atomic E-state index is 0.0139. The van der Waals surface area contributed by atoms with E-state index in [0.29, 0.717) is 17.0 Å². The zero-order valence-electron chi connectivity index (χ0n) is 13.0. The molecule has 0 spiro atoms. The number of carbonyl (C=O) groups excluding carboxylic acids is 1. The lowest BCUT2D eigenvalue weighted by molar-refractivity contribution is 0.102. The molecule has 1 amide bonds. The number of methoxy groups -OCH3 is 1. The predicted molar refractivity (Wildman–Crippen MR) is 90.5 cm³/mol. The number of nitrogens with zero attached hydrogens (tertiary/aromatic N) is 5. The Kier molecular flexibility index (Phi) is 4.36. The zero-order chi connectivity index (χ0) is 18.0. The van der Waals surface area contributed by atoms with Crippen LogP contribution in [0.3, 0.4) is 0 Å². The van der Waals surface area contributed by atoms with Gasteiger partial charge in [-0.1, -0.05) is 11.6 Å². The fourth-order valence-electron chi connectivity index (χ4n) is 2.25. The summed E-state index contributed by atoms with van der Waals surface area (Å²) in [5.41, 5.74) is 7.24. The smallest absolute Gasteiger partial charge is 0.263 e. The van der Waals surface area contributed by atoms with Gasteiger partial charge in [0.2, 0.25) is 0 Å². The average Bonchev–Trinajstić information content (AvgIpc) is 2.91. The van der Waals surface area contributed by atoms with E-state index in [4.69, 9.17) is 27.3 Å². The summed E-state index contributed by atoms with van der Waals surface area (Å²) in [6.07, 6.45) is 4.65. The van der Waals surface area contributed by atoms with Gasteiger partial charge in [0.15, 0.2) is 11.5 Å². The molecule has 3 aromatic heterocycles. The molecule has 0 bridgehead atoms. The summed E-state index contributed by atoms with van der Waals surface area (Å²) in [5, 5.41) is 15.7. The van der Waals surface area contributed by atoms with Crippen LogP contribution in [0.5, 0.6) is 5.75 Å². The maximum atomic E-state index is 12.6. The Morgan fingerprint density at radius 1 is 1.48 bits per heavy atom. The molecule has 0 saturated heterocycles. The number of nitrogens with two attached hydrogens (primary N) is 1. The van der Waals surface area contributed by atoms with E-state index in [9.17, 15) is 4.79 Å². The van der Waals surface area contributed by atoms with Crippen molar-refractivity contribution < 1.29 is 9.53 Å². The Bertz CT molecular complexity index is 1010. The lowest BCUT2D eigenvalue weighted by Gasteiger charge is -2.09. The average molecular weight is 358 g/mol. The molecule has 0 radical (unpaired) electrons. The Hall–Kier alpha value is -3.38. The van der Waals surface area contributed by atoms with Crippen LogP contribution in [-0.4, -0.2) is 32.6 Å². The van der Waals surface area contributed by atoms with Crippen molar-refractivity contribution in [1.29, 1.82) is 5.26 Å². The van der Waals surface area contributed by atoms with Crippen molar-refractivity contribution in [3.05, 3.63) is 40.9 Å². The summed E-state index contributed by atoms with van der Waals surface area (Å²) in [6.45, 7) is 0. The molecule has 0 aliphatic heterocycles. The van der Waals surface area contributed by atoms with E-state index in [-0.39, 0.29) is 28.6 Å². The molecule has 3 rings (SSSR count). The largest absolute Gasteiger partial charge is 0.494 e. The SMILES string of the molecule is COc1cc(Cl)ncc1NC(=O)c1c(N)nn2cc(CC#N)cnc12. The molecule has 3 N–H and O–H groups in total. The lowest BCUT2D eigenvalue weighted by atomic mass is 10.2. The number of amides is 1. The molecule has 9 nitrogen and oxygen atoms in total. The second kappa shape index (κ2) is 6.62. The van der Waals surface area contributed by atoms with Crippen LogP contribution < -0.4 is 15.8 Å². The van der Waals surface area contributed by atoms with Crippen LogP contribution in [0.15, 0.2) is 24.7 Å². The van der Waals surface area contributed by atoms with Crippen LogP contribution in [0.25, 0.3) is 5.65 Å². The topological polar surface area (TPSA) is 131 Å². The molecular weight excluding hydrogens is 346 g/mol. The van der Waals surface area contributed by atoms with E-state index in [1.807, 2.05) is 6.07 Å². The first-order valence-electron chi connectivity index (χ1n) is 7.04. The molecule has 0 unspecified atom stereocenters. The first kappa shape index (κ1) is 16.5. The number of hydrogen-bond acceptors (Lipinski definition) is 7. The van der Waals surface area contributed by atoms with E-state index in [2.05, 4.69) is 20.4 Å². The first-order valence-corrected chi connectivity index (χ1v) is 7.42. The standard InChI is InChI=1S/C15H12ClN7O2/c1-25-10-4-11(16)19-6-9(10)21-15(24)12-13(18)22-23-7-8(2-3-17)5-20-14(12)23/h4-7H,2H2,1H3,(H2,18,22)(H,21,24). The number of nitrogen functional groups attached to an aromatic ring is 1. The van der Waals surface area contributed by atoms with Crippen LogP contribution in [0, 0.1) is 11.3 Å². The second-order valence-corrected chi connectivity index (χ2v) is 5.37. The molecule has 3 aromatic rings. The third kappa shape index (κ3) is 3.15. The van der Waals surface area contributed by atoms with Gasteiger partial charge in [-0.2, -0.15) is 5.26 Å². The van der Waals surface area contributed by atoms with E-state index < -0.39 is 5.91 Å². The Labute approximate surface area is 147 Å². The van der Waals surface area contributed by atoms with Gasteiger partial charge in [-0.3, -0.25) is 4.79 Å². The van der Waals surface area contributed by atoms with Crippen molar-refractivity contribution >= 4 is 34.7 Å². The summed E-state index contributed by atoms with van der Waals surface area (Å²) in [4.78, 5) is 20.7. The third-order valence-electron chi connectivity index (χ3n) is 3.36. The quantitative estimate of drug-likeness (QED) is 0.679. The molecule has 10 heteroatoms. The first-order chi connectivity index (χ1) is 12.0. The number of hydrogen-bond donors (Lipinski definition) is 2. The number of anilines is 2. The number of pyridine rings is 1. The minimum Gasteiger partial charge on any atom is -0.494 e. The van der Waals surface area contributed by atoms with Crippen LogP contribution in [0.4, 0.5) is 11.5 Å². The maximum absolute atomic E-state index is 12.6. The number of aromatic nitrogens is 4. The number of ether oxygens (including phenoxy) is 1. The number of carbonyl (C=O) groups is 1.